The Bertz CT molecular complexity index is 524. The summed E-state index contributed by atoms with van der Waals surface area (Å²) in [6.45, 7) is 7.87. The second-order valence-corrected chi connectivity index (χ2v) is 7.39. The number of likely N-dealkylation sites (N-methyl/N-ethyl adjacent to an activating group) is 1. The van der Waals surface area contributed by atoms with Crippen LogP contribution in [0.25, 0.3) is 0 Å². The minimum absolute atomic E-state index is 0.146. The summed E-state index contributed by atoms with van der Waals surface area (Å²) < 4.78 is 27.9. The number of aromatic amines is 1. The van der Waals surface area contributed by atoms with Crippen LogP contribution in [-0.2, 0) is 16.6 Å². The van der Waals surface area contributed by atoms with Gasteiger partial charge in [0.15, 0.2) is 5.03 Å². The van der Waals surface area contributed by atoms with E-state index in [2.05, 4.69) is 20.2 Å². The molecule has 1 atom stereocenters. The maximum atomic E-state index is 12.5. The predicted octanol–water partition coefficient (Wildman–Crippen LogP) is 0.384. The van der Waals surface area contributed by atoms with Gasteiger partial charge in [0.1, 0.15) is 0 Å². The van der Waals surface area contributed by atoms with Crippen molar-refractivity contribution in [1.29, 1.82) is 0 Å². The lowest BCUT2D eigenvalue weighted by molar-refractivity contribution is 0.314. The van der Waals surface area contributed by atoms with Crippen LogP contribution in [0.3, 0.4) is 0 Å². The van der Waals surface area contributed by atoms with E-state index in [0.717, 1.165) is 6.54 Å². The maximum absolute atomic E-state index is 12.5. The maximum Gasteiger partial charge on any atom is 0.258 e. The SMILES string of the molecule is CCNCc1cn[nH]c1S(=O)(=O)NC(CN(C)C)C(C)C. The van der Waals surface area contributed by atoms with Crippen molar-refractivity contribution in [2.24, 2.45) is 5.92 Å². The molecule has 1 unspecified atom stereocenters. The van der Waals surface area contributed by atoms with Gasteiger partial charge in [0, 0.05) is 24.7 Å². The first-order valence-corrected chi connectivity index (χ1v) is 8.66. The third-order valence-corrected chi connectivity index (χ3v) is 4.69. The molecular formula is C13H27N5O2S. The average molecular weight is 317 g/mol. The van der Waals surface area contributed by atoms with Crippen molar-refractivity contribution in [1.82, 2.24) is 25.1 Å². The summed E-state index contributed by atoms with van der Waals surface area (Å²) >= 11 is 0. The molecule has 21 heavy (non-hydrogen) atoms. The highest BCUT2D eigenvalue weighted by molar-refractivity contribution is 7.89. The van der Waals surface area contributed by atoms with Gasteiger partial charge in [-0.3, -0.25) is 5.10 Å². The summed E-state index contributed by atoms with van der Waals surface area (Å²) in [5.41, 5.74) is 0.650. The van der Waals surface area contributed by atoms with Crippen molar-refractivity contribution in [3.8, 4) is 0 Å². The Kier molecular flexibility index (Phi) is 6.79. The first-order chi connectivity index (χ1) is 9.77. The van der Waals surface area contributed by atoms with E-state index < -0.39 is 10.0 Å². The van der Waals surface area contributed by atoms with Crippen LogP contribution in [-0.4, -0.2) is 56.7 Å². The number of aromatic nitrogens is 2. The molecule has 122 valence electrons. The van der Waals surface area contributed by atoms with E-state index in [-0.39, 0.29) is 17.0 Å². The van der Waals surface area contributed by atoms with Crippen LogP contribution >= 0.6 is 0 Å². The van der Waals surface area contributed by atoms with Gasteiger partial charge in [-0.2, -0.15) is 5.10 Å². The highest BCUT2D eigenvalue weighted by atomic mass is 32.2. The molecule has 0 bridgehead atoms. The van der Waals surface area contributed by atoms with Crippen molar-refractivity contribution in [3.05, 3.63) is 11.8 Å². The minimum Gasteiger partial charge on any atom is -0.313 e. The zero-order valence-corrected chi connectivity index (χ0v) is 14.3. The van der Waals surface area contributed by atoms with E-state index in [0.29, 0.717) is 18.7 Å². The zero-order chi connectivity index (χ0) is 16.0. The van der Waals surface area contributed by atoms with Crippen molar-refractivity contribution in [2.75, 3.05) is 27.2 Å². The summed E-state index contributed by atoms with van der Waals surface area (Å²) in [6, 6.07) is -0.153. The fourth-order valence-electron chi connectivity index (χ4n) is 1.95. The van der Waals surface area contributed by atoms with E-state index in [4.69, 9.17) is 0 Å². The molecule has 1 heterocycles. The molecule has 0 aliphatic carbocycles. The Hall–Kier alpha value is -0.960. The molecule has 0 fully saturated rings. The molecule has 0 aliphatic heterocycles. The molecular weight excluding hydrogens is 290 g/mol. The third kappa shape index (κ3) is 5.39. The van der Waals surface area contributed by atoms with Crippen LogP contribution in [0.5, 0.6) is 0 Å². The van der Waals surface area contributed by atoms with Crippen LogP contribution in [0.4, 0.5) is 0 Å². The van der Waals surface area contributed by atoms with Crippen LogP contribution in [0.1, 0.15) is 26.3 Å². The molecule has 0 radical (unpaired) electrons. The van der Waals surface area contributed by atoms with E-state index in [9.17, 15) is 8.42 Å². The number of hydrogen-bond donors (Lipinski definition) is 3. The fraction of sp³-hybridized carbons (Fsp3) is 0.769. The summed E-state index contributed by atoms with van der Waals surface area (Å²) in [7, 11) is 0.252. The number of nitrogens with zero attached hydrogens (tertiary/aromatic N) is 2. The molecule has 1 rings (SSSR count). The lowest BCUT2D eigenvalue weighted by Gasteiger charge is -2.25. The Morgan fingerprint density at radius 1 is 1.38 bits per heavy atom. The first kappa shape index (κ1) is 18.1. The van der Waals surface area contributed by atoms with E-state index >= 15 is 0 Å². The average Bonchev–Trinajstić information content (AvgIpc) is 2.83. The van der Waals surface area contributed by atoms with Gasteiger partial charge < -0.3 is 10.2 Å². The zero-order valence-electron chi connectivity index (χ0n) is 13.5. The Morgan fingerprint density at radius 2 is 2.05 bits per heavy atom. The van der Waals surface area contributed by atoms with Crippen molar-refractivity contribution >= 4 is 10.0 Å². The smallest absolute Gasteiger partial charge is 0.258 e. The fourth-order valence-corrected chi connectivity index (χ4v) is 3.46. The van der Waals surface area contributed by atoms with Gasteiger partial charge in [-0.05, 0) is 26.6 Å². The minimum atomic E-state index is -3.60. The molecule has 0 aromatic carbocycles. The Balaban J connectivity index is 2.91. The predicted molar refractivity (Wildman–Crippen MR) is 83.5 cm³/mol. The second kappa shape index (κ2) is 7.88. The number of rotatable bonds is 9. The quantitative estimate of drug-likeness (QED) is 0.613. The van der Waals surface area contributed by atoms with E-state index in [1.807, 2.05) is 39.8 Å². The van der Waals surface area contributed by atoms with Gasteiger partial charge >= 0.3 is 0 Å². The van der Waals surface area contributed by atoms with Crippen LogP contribution in [0, 0.1) is 5.92 Å². The Labute approximate surface area is 127 Å². The lowest BCUT2D eigenvalue weighted by Crippen LogP contribution is -2.45. The third-order valence-electron chi connectivity index (χ3n) is 3.19. The molecule has 1 aromatic rings. The van der Waals surface area contributed by atoms with Gasteiger partial charge in [0.05, 0.1) is 6.20 Å². The van der Waals surface area contributed by atoms with Crippen LogP contribution in [0.15, 0.2) is 11.2 Å². The number of sulfonamides is 1. The topological polar surface area (TPSA) is 90.1 Å². The van der Waals surface area contributed by atoms with Crippen molar-refractivity contribution in [3.63, 3.8) is 0 Å². The second-order valence-electron chi connectivity index (χ2n) is 5.74. The van der Waals surface area contributed by atoms with Gasteiger partial charge in [-0.15, -0.1) is 0 Å². The standard InChI is InChI=1S/C13H27N5O2S/c1-6-14-7-11-8-15-16-13(11)21(19,20)17-12(10(2)3)9-18(4)5/h8,10,12,14,17H,6-7,9H2,1-5H3,(H,15,16). The number of hydrogen-bond acceptors (Lipinski definition) is 5. The van der Waals surface area contributed by atoms with Gasteiger partial charge in [0.25, 0.3) is 10.0 Å². The molecule has 0 spiro atoms. The molecule has 0 amide bonds. The first-order valence-electron chi connectivity index (χ1n) is 7.18. The lowest BCUT2D eigenvalue weighted by atomic mass is 10.1. The highest BCUT2D eigenvalue weighted by Gasteiger charge is 2.26. The molecule has 7 nitrogen and oxygen atoms in total. The van der Waals surface area contributed by atoms with E-state index in [1.54, 1.807) is 6.20 Å². The van der Waals surface area contributed by atoms with Gasteiger partial charge in [-0.25, -0.2) is 13.1 Å². The largest absolute Gasteiger partial charge is 0.313 e. The van der Waals surface area contributed by atoms with Crippen molar-refractivity contribution < 1.29 is 8.42 Å². The Morgan fingerprint density at radius 3 is 2.57 bits per heavy atom. The summed E-state index contributed by atoms with van der Waals surface area (Å²) in [5, 5.41) is 9.72. The summed E-state index contributed by atoms with van der Waals surface area (Å²) in [5.74, 6) is 0.197. The molecule has 3 N–H and O–H groups in total. The van der Waals surface area contributed by atoms with Crippen molar-refractivity contribution in [2.45, 2.75) is 38.4 Å². The number of nitrogens with one attached hydrogen (secondary N) is 3. The molecule has 8 heteroatoms. The van der Waals surface area contributed by atoms with Crippen LogP contribution < -0.4 is 10.0 Å². The van der Waals surface area contributed by atoms with E-state index in [1.165, 1.54) is 0 Å². The molecule has 0 saturated heterocycles. The summed E-state index contributed by atoms with van der Waals surface area (Å²) in [6.07, 6.45) is 1.55. The normalized spacial score (nSPS) is 14.0. The highest BCUT2D eigenvalue weighted by Crippen LogP contribution is 2.14. The summed E-state index contributed by atoms with van der Waals surface area (Å²) in [4.78, 5) is 1.97. The van der Waals surface area contributed by atoms with Gasteiger partial charge in [0.2, 0.25) is 0 Å². The monoisotopic (exact) mass is 317 g/mol. The molecule has 0 saturated carbocycles. The molecule has 0 aliphatic rings. The number of H-pyrrole nitrogens is 1. The van der Waals surface area contributed by atoms with Gasteiger partial charge in [-0.1, -0.05) is 20.8 Å². The van der Waals surface area contributed by atoms with Crippen LogP contribution in [0.2, 0.25) is 0 Å². The molecule has 1 aromatic heterocycles.